The standard InChI is InChI=1S/C11H9BrClN3/c1-6-4-2-3-5-7(6)8-10(13)16-11(14)9(12)15-8/h2-5H,1H3,(H2,14,16). The van der Waals surface area contributed by atoms with Crippen LogP contribution in [0.3, 0.4) is 0 Å². The summed E-state index contributed by atoms with van der Waals surface area (Å²) in [6.45, 7) is 2.00. The third-order valence-electron chi connectivity index (χ3n) is 2.24. The fraction of sp³-hybridized carbons (Fsp3) is 0.0909. The molecule has 0 fully saturated rings. The lowest BCUT2D eigenvalue weighted by Gasteiger charge is -2.07. The molecule has 1 aromatic heterocycles. The Labute approximate surface area is 107 Å². The molecule has 0 aliphatic heterocycles. The van der Waals surface area contributed by atoms with Crippen molar-refractivity contribution in [3.63, 3.8) is 0 Å². The van der Waals surface area contributed by atoms with Crippen LogP contribution in [0.1, 0.15) is 5.56 Å². The molecule has 0 radical (unpaired) electrons. The first-order chi connectivity index (χ1) is 7.59. The van der Waals surface area contributed by atoms with Gasteiger partial charge >= 0.3 is 0 Å². The number of nitrogen functional groups attached to an aromatic ring is 1. The van der Waals surface area contributed by atoms with Crippen LogP contribution < -0.4 is 5.73 Å². The highest BCUT2D eigenvalue weighted by atomic mass is 79.9. The first-order valence-corrected chi connectivity index (χ1v) is 5.81. The second-order valence-electron chi connectivity index (χ2n) is 3.35. The summed E-state index contributed by atoms with van der Waals surface area (Å²) < 4.78 is 0.509. The molecular weight excluding hydrogens is 289 g/mol. The summed E-state index contributed by atoms with van der Waals surface area (Å²) in [5, 5.41) is 0.315. The molecular formula is C11H9BrClN3. The summed E-state index contributed by atoms with van der Waals surface area (Å²) in [5.74, 6) is 0.294. The van der Waals surface area contributed by atoms with Crippen molar-refractivity contribution in [2.45, 2.75) is 6.92 Å². The number of aromatic nitrogens is 2. The first kappa shape index (κ1) is 11.4. The number of rotatable bonds is 1. The van der Waals surface area contributed by atoms with E-state index < -0.39 is 0 Å². The quantitative estimate of drug-likeness (QED) is 0.877. The topological polar surface area (TPSA) is 51.8 Å². The smallest absolute Gasteiger partial charge is 0.158 e. The summed E-state index contributed by atoms with van der Waals surface area (Å²) in [6.07, 6.45) is 0. The summed E-state index contributed by atoms with van der Waals surface area (Å²) in [7, 11) is 0. The van der Waals surface area contributed by atoms with E-state index in [1.54, 1.807) is 0 Å². The maximum Gasteiger partial charge on any atom is 0.158 e. The van der Waals surface area contributed by atoms with Gasteiger partial charge in [0.1, 0.15) is 10.3 Å². The van der Waals surface area contributed by atoms with E-state index in [0.717, 1.165) is 11.1 Å². The van der Waals surface area contributed by atoms with Crippen LogP contribution in [0.4, 0.5) is 5.82 Å². The van der Waals surface area contributed by atoms with Gasteiger partial charge in [0.2, 0.25) is 0 Å². The summed E-state index contributed by atoms with van der Waals surface area (Å²) in [4.78, 5) is 8.32. The Hall–Kier alpha value is -1.13. The van der Waals surface area contributed by atoms with Crippen LogP contribution in [0.25, 0.3) is 11.3 Å². The van der Waals surface area contributed by atoms with Gasteiger partial charge in [-0.25, -0.2) is 9.97 Å². The Morgan fingerprint density at radius 1 is 1.25 bits per heavy atom. The highest BCUT2D eigenvalue weighted by Gasteiger charge is 2.11. The Balaban J connectivity index is 2.65. The van der Waals surface area contributed by atoms with Crippen LogP contribution in [-0.2, 0) is 0 Å². The van der Waals surface area contributed by atoms with Crippen molar-refractivity contribution in [2.75, 3.05) is 5.73 Å². The van der Waals surface area contributed by atoms with E-state index >= 15 is 0 Å². The van der Waals surface area contributed by atoms with Crippen molar-refractivity contribution in [2.24, 2.45) is 0 Å². The van der Waals surface area contributed by atoms with Crippen LogP contribution in [0.15, 0.2) is 28.9 Å². The molecule has 0 saturated carbocycles. The Morgan fingerprint density at radius 3 is 2.62 bits per heavy atom. The van der Waals surface area contributed by atoms with E-state index in [4.69, 9.17) is 17.3 Å². The highest BCUT2D eigenvalue weighted by Crippen LogP contribution is 2.30. The van der Waals surface area contributed by atoms with Crippen LogP contribution in [-0.4, -0.2) is 9.97 Å². The number of anilines is 1. The predicted octanol–water partition coefficient (Wildman–Crippen LogP) is 3.45. The fourth-order valence-corrected chi connectivity index (χ4v) is 1.92. The molecule has 0 atom stereocenters. The molecule has 0 amide bonds. The number of hydrogen-bond donors (Lipinski definition) is 1. The zero-order valence-corrected chi connectivity index (χ0v) is 10.9. The van der Waals surface area contributed by atoms with Gasteiger partial charge in [-0.15, -0.1) is 0 Å². The molecule has 3 nitrogen and oxygen atoms in total. The van der Waals surface area contributed by atoms with Crippen molar-refractivity contribution in [1.82, 2.24) is 9.97 Å². The molecule has 0 bridgehead atoms. The van der Waals surface area contributed by atoms with Crippen molar-refractivity contribution in [3.05, 3.63) is 39.6 Å². The lowest BCUT2D eigenvalue weighted by molar-refractivity contribution is 1.18. The Morgan fingerprint density at radius 2 is 1.94 bits per heavy atom. The Kier molecular flexibility index (Phi) is 3.12. The molecule has 1 aromatic carbocycles. The van der Waals surface area contributed by atoms with E-state index in [1.807, 2.05) is 31.2 Å². The molecule has 0 saturated heterocycles. The molecule has 2 aromatic rings. The second-order valence-corrected chi connectivity index (χ2v) is 4.46. The van der Waals surface area contributed by atoms with Gasteiger partial charge in [-0.05, 0) is 28.4 Å². The molecule has 0 aliphatic rings. The maximum atomic E-state index is 6.03. The van der Waals surface area contributed by atoms with E-state index in [2.05, 4.69) is 25.9 Å². The number of nitrogens with two attached hydrogens (primary N) is 1. The third kappa shape index (κ3) is 2.03. The lowest BCUT2D eigenvalue weighted by Crippen LogP contribution is -1.98. The van der Waals surface area contributed by atoms with Crippen molar-refractivity contribution < 1.29 is 0 Å². The van der Waals surface area contributed by atoms with Crippen molar-refractivity contribution >= 4 is 33.3 Å². The van der Waals surface area contributed by atoms with E-state index in [-0.39, 0.29) is 0 Å². The highest BCUT2D eigenvalue weighted by molar-refractivity contribution is 9.10. The molecule has 0 aliphatic carbocycles. The van der Waals surface area contributed by atoms with Gasteiger partial charge in [-0.1, -0.05) is 35.9 Å². The summed E-state index contributed by atoms with van der Waals surface area (Å²) in [6, 6.07) is 7.85. The predicted molar refractivity (Wildman–Crippen MR) is 69.3 cm³/mol. The van der Waals surface area contributed by atoms with Crippen LogP contribution in [0.2, 0.25) is 5.15 Å². The van der Waals surface area contributed by atoms with Crippen LogP contribution >= 0.6 is 27.5 Å². The van der Waals surface area contributed by atoms with Crippen LogP contribution in [0, 0.1) is 6.92 Å². The van der Waals surface area contributed by atoms with Gasteiger partial charge in [-0.3, -0.25) is 0 Å². The minimum Gasteiger partial charge on any atom is -0.381 e. The van der Waals surface area contributed by atoms with Gasteiger partial charge in [-0.2, -0.15) is 0 Å². The van der Waals surface area contributed by atoms with Crippen LogP contribution in [0.5, 0.6) is 0 Å². The molecule has 82 valence electrons. The molecule has 0 unspecified atom stereocenters. The molecule has 2 N–H and O–H groups in total. The van der Waals surface area contributed by atoms with Gasteiger partial charge in [0, 0.05) is 5.56 Å². The molecule has 0 spiro atoms. The normalized spacial score (nSPS) is 10.4. The minimum absolute atomic E-state index is 0.294. The summed E-state index contributed by atoms with van der Waals surface area (Å²) >= 11 is 9.28. The largest absolute Gasteiger partial charge is 0.381 e. The van der Waals surface area contributed by atoms with E-state index in [1.165, 1.54) is 0 Å². The average molecular weight is 299 g/mol. The van der Waals surface area contributed by atoms with Gasteiger partial charge in [0.05, 0.1) is 0 Å². The zero-order chi connectivity index (χ0) is 11.7. The number of nitrogens with zero attached hydrogens (tertiary/aromatic N) is 2. The SMILES string of the molecule is Cc1ccccc1-c1nc(Br)c(N)nc1Cl. The molecule has 16 heavy (non-hydrogen) atoms. The maximum absolute atomic E-state index is 6.03. The molecule has 1 heterocycles. The van der Waals surface area contributed by atoms with Crippen molar-refractivity contribution in [1.29, 1.82) is 0 Å². The zero-order valence-electron chi connectivity index (χ0n) is 8.54. The second kappa shape index (κ2) is 4.39. The van der Waals surface area contributed by atoms with Crippen molar-refractivity contribution in [3.8, 4) is 11.3 Å². The molecule has 2 rings (SSSR count). The lowest BCUT2D eigenvalue weighted by atomic mass is 10.1. The fourth-order valence-electron chi connectivity index (χ4n) is 1.42. The number of aryl methyl sites for hydroxylation is 1. The third-order valence-corrected chi connectivity index (χ3v) is 3.08. The van der Waals surface area contributed by atoms with E-state index in [0.29, 0.717) is 21.3 Å². The summed E-state index contributed by atoms with van der Waals surface area (Å²) in [5.41, 5.74) is 8.29. The minimum atomic E-state index is 0.294. The molecule has 5 heteroatoms. The number of benzene rings is 1. The number of hydrogen-bond acceptors (Lipinski definition) is 3. The van der Waals surface area contributed by atoms with Gasteiger partial charge in [0.25, 0.3) is 0 Å². The monoisotopic (exact) mass is 297 g/mol. The van der Waals surface area contributed by atoms with Gasteiger partial charge in [0.15, 0.2) is 11.0 Å². The van der Waals surface area contributed by atoms with E-state index in [9.17, 15) is 0 Å². The first-order valence-electron chi connectivity index (χ1n) is 4.64. The average Bonchev–Trinajstić information content (AvgIpc) is 2.25. The Bertz CT molecular complexity index is 543. The number of halogens is 2. The van der Waals surface area contributed by atoms with Gasteiger partial charge < -0.3 is 5.73 Å².